The molecule has 0 spiro atoms. The molecule has 1 nitrogen and oxygen atoms in total. The van der Waals surface area contributed by atoms with E-state index in [9.17, 15) is 0 Å². The number of benzene rings is 2. The molecule has 0 saturated heterocycles. The highest BCUT2D eigenvalue weighted by atomic mass is 32.1. The molecule has 0 saturated carbocycles. The fourth-order valence-corrected chi connectivity index (χ4v) is 3.45. The van der Waals surface area contributed by atoms with Crippen molar-refractivity contribution < 1.29 is 0 Å². The quantitative estimate of drug-likeness (QED) is 0.649. The van der Waals surface area contributed by atoms with Gasteiger partial charge in [-0.15, -0.1) is 11.3 Å². The fourth-order valence-electron chi connectivity index (χ4n) is 2.47. The van der Waals surface area contributed by atoms with Gasteiger partial charge < -0.3 is 0 Å². The highest BCUT2D eigenvalue weighted by molar-refractivity contribution is 7.18. The predicted molar refractivity (Wildman–Crippen MR) is 87.4 cm³/mol. The fraction of sp³-hybridized carbons (Fsp3) is 0.278. The van der Waals surface area contributed by atoms with Crippen LogP contribution in [0.15, 0.2) is 48.5 Å². The van der Waals surface area contributed by atoms with E-state index in [0.29, 0.717) is 5.92 Å². The van der Waals surface area contributed by atoms with Crippen molar-refractivity contribution in [2.24, 2.45) is 5.92 Å². The molecule has 102 valence electrons. The Morgan fingerprint density at radius 2 is 1.80 bits per heavy atom. The van der Waals surface area contributed by atoms with Gasteiger partial charge in [0.15, 0.2) is 0 Å². The number of aromatic nitrogens is 1. The van der Waals surface area contributed by atoms with E-state index < -0.39 is 0 Å². The Balaban J connectivity index is 1.87. The van der Waals surface area contributed by atoms with Gasteiger partial charge in [-0.3, -0.25) is 0 Å². The molecule has 0 N–H and O–H groups in total. The zero-order valence-corrected chi connectivity index (χ0v) is 12.8. The second-order valence-corrected chi connectivity index (χ2v) is 6.79. The maximum absolute atomic E-state index is 4.79. The molecule has 0 radical (unpaired) electrons. The minimum Gasteiger partial charge on any atom is -0.241 e. The van der Waals surface area contributed by atoms with Crippen LogP contribution in [0.1, 0.15) is 30.0 Å². The first kappa shape index (κ1) is 13.3. The van der Waals surface area contributed by atoms with E-state index in [0.717, 1.165) is 18.4 Å². The minimum atomic E-state index is 0.690. The van der Waals surface area contributed by atoms with Crippen LogP contribution in [0.4, 0.5) is 0 Å². The third-order valence-corrected chi connectivity index (χ3v) is 4.37. The van der Waals surface area contributed by atoms with Gasteiger partial charge in [0.1, 0.15) is 0 Å². The zero-order valence-electron chi connectivity index (χ0n) is 12.0. The zero-order chi connectivity index (χ0) is 13.9. The minimum absolute atomic E-state index is 0.690. The molecule has 0 bridgehead atoms. The van der Waals surface area contributed by atoms with E-state index in [4.69, 9.17) is 4.98 Å². The van der Waals surface area contributed by atoms with Gasteiger partial charge in [-0.1, -0.05) is 50.2 Å². The van der Waals surface area contributed by atoms with Crippen molar-refractivity contribution in [2.75, 3.05) is 0 Å². The number of thiazole rings is 1. The molecule has 20 heavy (non-hydrogen) atoms. The van der Waals surface area contributed by atoms with Gasteiger partial charge in [0.2, 0.25) is 0 Å². The maximum atomic E-state index is 4.79. The lowest BCUT2D eigenvalue weighted by Gasteiger charge is -2.03. The average Bonchev–Trinajstić information content (AvgIpc) is 2.80. The standard InChI is InChI=1S/C18H19NS/c1-13(2)10-15-8-9-17-16(11-15)19-18(20-17)12-14-6-4-3-5-7-14/h3-9,11,13H,10,12H2,1-2H3. The summed E-state index contributed by atoms with van der Waals surface area (Å²) < 4.78 is 1.29. The Hall–Kier alpha value is -1.67. The van der Waals surface area contributed by atoms with E-state index in [1.165, 1.54) is 20.8 Å². The van der Waals surface area contributed by atoms with Crippen LogP contribution in [0, 0.1) is 5.92 Å². The molecule has 2 heteroatoms. The van der Waals surface area contributed by atoms with Crippen LogP contribution >= 0.6 is 11.3 Å². The number of fused-ring (bicyclic) bond motifs is 1. The molecular weight excluding hydrogens is 262 g/mol. The van der Waals surface area contributed by atoms with Crippen LogP contribution in [-0.4, -0.2) is 4.98 Å². The normalized spacial score (nSPS) is 11.3. The van der Waals surface area contributed by atoms with Gasteiger partial charge in [0, 0.05) is 6.42 Å². The van der Waals surface area contributed by atoms with Gasteiger partial charge in [-0.05, 0) is 35.6 Å². The molecule has 1 heterocycles. The summed E-state index contributed by atoms with van der Waals surface area (Å²) in [5.74, 6) is 0.690. The molecule has 3 rings (SSSR count). The summed E-state index contributed by atoms with van der Waals surface area (Å²) in [6.45, 7) is 4.51. The Kier molecular flexibility index (Phi) is 3.83. The van der Waals surface area contributed by atoms with Crippen molar-refractivity contribution in [2.45, 2.75) is 26.7 Å². The molecule has 0 aliphatic heterocycles. The van der Waals surface area contributed by atoms with Crippen LogP contribution in [0.25, 0.3) is 10.2 Å². The van der Waals surface area contributed by atoms with Crippen LogP contribution in [-0.2, 0) is 12.8 Å². The van der Waals surface area contributed by atoms with E-state index in [2.05, 4.69) is 62.4 Å². The first-order chi connectivity index (χ1) is 9.70. The second kappa shape index (κ2) is 5.76. The molecule has 0 aliphatic rings. The highest BCUT2D eigenvalue weighted by Crippen LogP contribution is 2.25. The van der Waals surface area contributed by atoms with E-state index in [1.54, 1.807) is 0 Å². The summed E-state index contributed by atoms with van der Waals surface area (Å²) in [5, 5.41) is 1.20. The lowest BCUT2D eigenvalue weighted by Crippen LogP contribution is -1.93. The van der Waals surface area contributed by atoms with Crippen LogP contribution < -0.4 is 0 Å². The Bertz CT molecular complexity index is 698. The van der Waals surface area contributed by atoms with Crippen molar-refractivity contribution >= 4 is 21.6 Å². The first-order valence-corrected chi connectivity index (χ1v) is 7.94. The number of rotatable bonds is 4. The monoisotopic (exact) mass is 281 g/mol. The summed E-state index contributed by atoms with van der Waals surface area (Å²) in [6, 6.07) is 17.3. The molecule has 2 aromatic carbocycles. The van der Waals surface area contributed by atoms with Crippen molar-refractivity contribution in [3.05, 3.63) is 64.7 Å². The molecule has 0 atom stereocenters. The number of hydrogen-bond acceptors (Lipinski definition) is 2. The SMILES string of the molecule is CC(C)Cc1ccc2sc(Cc3ccccc3)nc2c1. The largest absolute Gasteiger partial charge is 0.241 e. The van der Waals surface area contributed by atoms with E-state index in [1.807, 2.05) is 11.3 Å². The van der Waals surface area contributed by atoms with Crippen molar-refractivity contribution in [3.63, 3.8) is 0 Å². The third kappa shape index (κ3) is 3.07. The van der Waals surface area contributed by atoms with Crippen molar-refractivity contribution in [1.29, 1.82) is 0 Å². The Morgan fingerprint density at radius 1 is 1.00 bits per heavy atom. The Labute approximate surface area is 124 Å². The van der Waals surface area contributed by atoms with Crippen LogP contribution in [0.3, 0.4) is 0 Å². The highest BCUT2D eigenvalue weighted by Gasteiger charge is 2.06. The lowest BCUT2D eigenvalue weighted by molar-refractivity contribution is 0.648. The van der Waals surface area contributed by atoms with Gasteiger partial charge in [-0.25, -0.2) is 4.98 Å². The smallest absolute Gasteiger partial charge is 0.0982 e. The average molecular weight is 281 g/mol. The van der Waals surface area contributed by atoms with Gasteiger partial charge in [0.25, 0.3) is 0 Å². The second-order valence-electron chi connectivity index (χ2n) is 5.67. The van der Waals surface area contributed by atoms with Crippen LogP contribution in [0.5, 0.6) is 0 Å². The predicted octanol–water partition coefficient (Wildman–Crippen LogP) is 5.09. The number of hydrogen-bond donors (Lipinski definition) is 0. The maximum Gasteiger partial charge on any atom is 0.0982 e. The summed E-state index contributed by atoms with van der Waals surface area (Å²) in [5.41, 5.74) is 3.87. The molecule has 0 aliphatic carbocycles. The first-order valence-electron chi connectivity index (χ1n) is 7.13. The van der Waals surface area contributed by atoms with Crippen LogP contribution in [0.2, 0.25) is 0 Å². The summed E-state index contributed by atoms with van der Waals surface area (Å²) in [4.78, 5) is 4.79. The number of nitrogens with zero attached hydrogens (tertiary/aromatic N) is 1. The molecule has 0 amide bonds. The molecule has 3 aromatic rings. The van der Waals surface area contributed by atoms with Crippen molar-refractivity contribution in [3.8, 4) is 0 Å². The van der Waals surface area contributed by atoms with Gasteiger partial charge >= 0.3 is 0 Å². The summed E-state index contributed by atoms with van der Waals surface area (Å²) in [6.07, 6.45) is 2.06. The Morgan fingerprint density at radius 3 is 2.55 bits per heavy atom. The summed E-state index contributed by atoms with van der Waals surface area (Å²) in [7, 11) is 0. The molecule has 0 unspecified atom stereocenters. The van der Waals surface area contributed by atoms with E-state index >= 15 is 0 Å². The van der Waals surface area contributed by atoms with Gasteiger partial charge in [-0.2, -0.15) is 0 Å². The van der Waals surface area contributed by atoms with Crippen molar-refractivity contribution in [1.82, 2.24) is 4.98 Å². The van der Waals surface area contributed by atoms with Gasteiger partial charge in [0.05, 0.1) is 15.2 Å². The van der Waals surface area contributed by atoms with E-state index in [-0.39, 0.29) is 0 Å². The molecular formula is C18H19NS. The summed E-state index contributed by atoms with van der Waals surface area (Å²) >= 11 is 1.81. The topological polar surface area (TPSA) is 12.9 Å². The molecule has 1 aromatic heterocycles. The molecule has 0 fully saturated rings. The third-order valence-electron chi connectivity index (χ3n) is 3.34. The lowest BCUT2D eigenvalue weighted by atomic mass is 10.0.